The third-order valence-electron chi connectivity index (χ3n) is 4.29. The van der Waals surface area contributed by atoms with Crippen molar-refractivity contribution in [3.8, 4) is 11.6 Å². The van der Waals surface area contributed by atoms with E-state index >= 15 is 0 Å². The predicted molar refractivity (Wildman–Crippen MR) is 90.9 cm³/mol. The lowest BCUT2D eigenvalue weighted by molar-refractivity contribution is 0.446. The number of benzene rings is 2. The molecule has 0 saturated heterocycles. The molecule has 1 aromatic heterocycles. The fourth-order valence-electron chi connectivity index (χ4n) is 3.21. The van der Waals surface area contributed by atoms with Gasteiger partial charge < -0.3 is 4.18 Å². The molecule has 0 N–H and O–H groups in total. The molecule has 0 radical (unpaired) electrons. The van der Waals surface area contributed by atoms with Gasteiger partial charge in [-0.15, -0.1) is 0 Å². The van der Waals surface area contributed by atoms with Crippen molar-refractivity contribution in [2.75, 3.05) is 5.75 Å². The van der Waals surface area contributed by atoms with Crippen molar-refractivity contribution in [1.82, 2.24) is 9.78 Å². The van der Waals surface area contributed by atoms with Crippen molar-refractivity contribution in [3.05, 3.63) is 77.0 Å². The van der Waals surface area contributed by atoms with Crippen LogP contribution in [-0.4, -0.2) is 24.0 Å². The molecule has 2 heterocycles. The number of fused-ring (bicyclic) bond motifs is 1. The van der Waals surface area contributed by atoms with Crippen molar-refractivity contribution >= 4 is 10.1 Å². The zero-order chi connectivity index (χ0) is 18.5. The van der Waals surface area contributed by atoms with Crippen molar-refractivity contribution in [2.24, 2.45) is 0 Å². The van der Waals surface area contributed by atoms with Crippen molar-refractivity contribution in [3.63, 3.8) is 0 Å². The van der Waals surface area contributed by atoms with Crippen molar-refractivity contribution in [1.29, 1.82) is 0 Å². The van der Waals surface area contributed by atoms with E-state index in [1.54, 1.807) is 19.1 Å². The second kappa shape index (κ2) is 5.91. The van der Waals surface area contributed by atoms with Crippen molar-refractivity contribution in [2.45, 2.75) is 12.8 Å². The summed E-state index contributed by atoms with van der Waals surface area (Å²) in [4.78, 5) is 0. The first kappa shape index (κ1) is 16.7. The largest absolute Gasteiger partial charge is 0.361 e. The van der Waals surface area contributed by atoms with Gasteiger partial charge >= 0.3 is 10.1 Å². The van der Waals surface area contributed by atoms with E-state index in [1.807, 2.05) is 0 Å². The number of rotatable bonds is 2. The molecular formula is C18H14F2N2O3S. The number of hydrogen-bond donors (Lipinski definition) is 0. The molecule has 1 atom stereocenters. The van der Waals surface area contributed by atoms with Gasteiger partial charge in [0.1, 0.15) is 11.6 Å². The summed E-state index contributed by atoms with van der Waals surface area (Å²) in [7, 11) is -3.91. The highest BCUT2D eigenvalue weighted by atomic mass is 32.2. The number of hydrogen-bond acceptors (Lipinski definition) is 4. The minimum absolute atomic E-state index is 0.00797. The molecule has 2 aromatic carbocycles. The minimum Gasteiger partial charge on any atom is -0.361 e. The van der Waals surface area contributed by atoms with Gasteiger partial charge in [0, 0.05) is 11.5 Å². The molecular weight excluding hydrogens is 362 g/mol. The Morgan fingerprint density at radius 1 is 1.12 bits per heavy atom. The molecule has 0 fully saturated rings. The Morgan fingerprint density at radius 3 is 2.50 bits per heavy atom. The maximum atomic E-state index is 13.7. The summed E-state index contributed by atoms with van der Waals surface area (Å²) in [6, 6.07) is 11.4. The van der Waals surface area contributed by atoms with Gasteiger partial charge in [0.2, 0.25) is 5.88 Å². The van der Waals surface area contributed by atoms with Crippen LogP contribution in [-0.2, 0) is 10.1 Å². The lowest BCUT2D eigenvalue weighted by Gasteiger charge is -2.24. The van der Waals surface area contributed by atoms with Gasteiger partial charge in [-0.25, -0.2) is 8.78 Å². The van der Waals surface area contributed by atoms with E-state index in [9.17, 15) is 17.2 Å². The van der Waals surface area contributed by atoms with Gasteiger partial charge in [0.15, 0.2) is 0 Å². The molecule has 1 aliphatic rings. The van der Waals surface area contributed by atoms with E-state index in [2.05, 4.69) is 5.10 Å². The summed E-state index contributed by atoms with van der Waals surface area (Å²) >= 11 is 0. The highest BCUT2D eigenvalue weighted by Gasteiger charge is 2.38. The lowest BCUT2D eigenvalue weighted by atomic mass is 9.93. The molecule has 134 valence electrons. The Labute approximate surface area is 149 Å². The second-order valence-electron chi connectivity index (χ2n) is 6.11. The van der Waals surface area contributed by atoms with E-state index in [0.717, 1.165) is 0 Å². The van der Waals surface area contributed by atoms with Gasteiger partial charge in [-0.1, -0.05) is 18.2 Å². The lowest BCUT2D eigenvalue weighted by Crippen LogP contribution is -2.27. The fourth-order valence-corrected chi connectivity index (χ4v) is 4.45. The van der Waals surface area contributed by atoms with Crippen LogP contribution < -0.4 is 4.18 Å². The third kappa shape index (κ3) is 2.86. The Hall–Kier alpha value is -2.74. The number of aromatic nitrogens is 2. The molecule has 0 aliphatic carbocycles. The van der Waals surface area contributed by atoms with E-state index in [4.69, 9.17) is 4.18 Å². The smallest absolute Gasteiger partial charge is 0.311 e. The topological polar surface area (TPSA) is 61.2 Å². The first-order valence-electron chi connectivity index (χ1n) is 7.87. The van der Waals surface area contributed by atoms with Crippen LogP contribution in [0.5, 0.6) is 5.88 Å². The molecule has 4 rings (SSSR count). The van der Waals surface area contributed by atoms with Gasteiger partial charge in [0.05, 0.1) is 17.1 Å². The Kier molecular flexibility index (Phi) is 3.80. The van der Waals surface area contributed by atoms with Crippen LogP contribution in [0.3, 0.4) is 0 Å². The average molecular weight is 376 g/mol. The summed E-state index contributed by atoms with van der Waals surface area (Å²) in [5.74, 6) is -1.87. The number of aryl methyl sites for hydroxylation is 1. The van der Waals surface area contributed by atoms with Gasteiger partial charge in [-0.2, -0.15) is 18.2 Å². The summed E-state index contributed by atoms with van der Waals surface area (Å²) in [5.41, 5.74) is 1.94. The summed E-state index contributed by atoms with van der Waals surface area (Å²) in [6.07, 6.45) is 0. The van der Waals surface area contributed by atoms with E-state index < -0.39 is 27.7 Å². The molecule has 8 heteroatoms. The first-order chi connectivity index (χ1) is 12.3. The standard InChI is InChI=1S/C18H14F2N2O3S/c1-11-17-16(12-4-2-5-13(19)8-12)10-26(23,24)25-18(17)22(21-11)15-7-3-6-14(20)9-15/h2-9,16H,10H2,1H3. The molecule has 3 aromatic rings. The van der Waals surface area contributed by atoms with E-state index in [1.165, 1.54) is 41.1 Å². The Bertz CT molecular complexity index is 1110. The van der Waals surface area contributed by atoms with Crippen LogP contribution in [0.15, 0.2) is 48.5 Å². The monoisotopic (exact) mass is 376 g/mol. The predicted octanol–water partition coefficient (Wildman–Crippen LogP) is 3.31. The van der Waals surface area contributed by atoms with Crippen LogP contribution in [0.4, 0.5) is 8.78 Å². The van der Waals surface area contributed by atoms with Gasteiger partial charge in [-0.05, 0) is 42.8 Å². The highest BCUT2D eigenvalue weighted by molar-refractivity contribution is 7.87. The van der Waals surface area contributed by atoms with Gasteiger partial charge in [0.25, 0.3) is 0 Å². The minimum atomic E-state index is -3.91. The van der Waals surface area contributed by atoms with Crippen LogP contribution in [0.25, 0.3) is 5.69 Å². The first-order valence-corrected chi connectivity index (χ1v) is 9.45. The number of halogens is 2. The molecule has 1 unspecified atom stereocenters. The maximum absolute atomic E-state index is 13.7. The van der Waals surface area contributed by atoms with Crippen molar-refractivity contribution < 1.29 is 21.4 Å². The van der Waals surface area contributed by atoms with Crippen LogP contribution in [0, 0.1) is 18.6 Å². The molecule has 5 nitrogen and oxygen atoms in total. The number of nitrogens with zero attached hydrogens (tertiary/aromatic N) is 2. The normalized spacial score (nSPS) is 18.2. The Morgan fingerprint density at radius 2 is 1.81 bits per heavy atom. The van der Waals surface area contributed by atoms with Crippen LogP contribution >= 0.6 is 0 Å². The van der Waals surface area contributed by atoms with E-state index in [0.29, 0.717) is 22.5 Å². The second-order valence-corrected chi connectivity index (χ2v) is 7.73. The third-order valence-corrected chi connectivity index (χ3v) is 5.44. The summed E-state index contributed by atoms with van der Waals surface area (Å²) in [6.45, 7) is 1.71. The molecule has 1 aliphatic heterocycles. The highest BCUT2D eigenvalue weighted by Crippen LogP contribution is 2.41. The maximum Gasteiger partial charge on any atom is 0.311 e. The van der Waals surface area contributed by atoms with E-state index in [-0.39, 0.29) is 11.6 Å². The van der Waals surface area contributed by atoms with Crippen LogP contribution in [0.1, 0.15) is 22.7 Å². The molecule has 0 saturated carbocycles. The summed E-state index contributed by atoms with van der Waals surface area (Å²) < 4.78 is 58.3. The SMILES string of the molecule is Cc1nn(-c2cccc(F)c2)c2c1C(c1cccc(F)c1)CS(=O)(=O)O2. The molecule has 0 spiro atoms. The molecule has 0 bridgehead atoms. The Balaban J connectivity index is 1.94. The molecule has 26 heavy (non-hydrogen) atoms. The zero-order valence-corrected chi connectivity index (χ0v) is 14.5. The zero-order valence-electron chi connectivity index (χ0n) is 13.7. The quantitative estimate of drug-likeness (QED) is 0.644. The van der Waals surface area contributed by atoms with Gasteiger partial charge in [-0.3, -0.25) is 0 Å². The fraction of sp³-hybridized carbons (Fsp3) is 0.167. The van der Waals surface area contributed by atoms with Crippen LogP contribution in [0.2, 0.25) is 0 Å². The average Bonchev–Trinajstić information content (AvgIpc) is 2.89. The summed E-state index contributed by atoms with van der Waals surface area (Å²) in [5, 5.41) is 4.33. The molecule has 0 amide bonds.